The van der Waals surface area contributed by atoms with Crippen LogP contribution in [0, 0.1) is 0 Å². The average molecular weight is 1910 g/mol. The Kier molecular flexibility index (Phi) is 26.8. The van der Waals surface area contributed by atoms with Gasteiger partial charge in [-0.2, -0.15) is 19.9 Å². The van der Waals surface area contributed by atoms with Gasteiger partial charge in [-0.1, -0.05) is 6.07 Å². The second kappa shape index (κ2) is 39.5. The number of fused-ring (bicyclic) bond motifs is 6. The van der Waals surface area contributed by atoms with Crippen molar-refractivity contribution >= 4 is 115 Å². The van der Waals surface area contributed by atoms with Gasteiger partial charge < -0.3 is 84.1 Å². The number of aromatic nitrogens is 24. The van der Waals surface area contributed by atoms with Gasteiger partial charge in [0.1, 0.15) is 34.9 Å². The number of aromatic amines is 4. The maximum atomic E-state index is 12.4. The number of nitrogens with zero attached hydrogens (tertiary/aromatic N) is 32. The van der Waals surface area contributed by atoms with E-state index in [4.69, 9.17) is 4.74 Å². The molecule has 0 atom stereocenters. The first kappa shape index (κ1) is 94.4. The zero-order valence-corrected chi connectivity index (χ0v) is 79.1. The van der Waals surface area contributed by atoms with E-state index in [-0.39, 0.29) is 73.2 Å². The number of morpholine rings is 1. The summed E-state index contributed by atoms with van der Waals surface area (Å²) in [5, 5.41) is 12.7. The number of pyridine rings is 2. The molecule has 8 aliphatic heterocycles. The predicted molar refractivity (Wildman–Crippen MR) is 525 cm³/mol. The number of hydrogen-bond acceptors (Lipinski definition) is 35. The topological polar surface area (TPSA) is 529 Å². The van der Waals surface area contributed by atoms with E-state index >= 15 is 0 Å². The molecule has 8 aliphatic rings. The first-order chi connectivity index (χ1) is 66.8. The van der Waals surface area contributed by atoms with E-state index in [0.717, 1.165) is 168 Å². The molecule has 6 N–H and O–H groups in total. The Morgan fingerprint density at radius 1 is 0.295 bits per heavy atom. The molecule has 0 unspecified atom stereocenters. The Bertz CT molecular complexity index is 7540. The molecule has 14 aromatic rings. The monoisotopic (exact) mass is 1910 g/mol. The van der Waals surface area contributed by atoms with Gasteiger partial charge in [-0.3, -0.25) is 88.6 Å². The fourth-order valence-corrected chi connectivity index (χ4v) is 17.8. The summed E-state index contributed by atoms with van der Waals surface area (Å²) in [5.41, 5.74) is 2.29. The molecule has 51 heteroatoms. The number of rotatable bonds is 8. The van der Waals surface area contributed by atoms with Crippen molar-refractivity contribution < 1.29 is 9.84 Å². The number of aliphatic imine (C=N–C) groups is 2. The number of ether oxygens (including phenoxy) is 1. The minimum atomic E-state index is -0.387. The number of nitrogens with one attached hydrogen (secondary N) is 5. The zero-order chi connectivity index (χ0) is 98.2. The van der Waals surface area contributed by atoms with Crippen LogP contribution in [-0.4, -0.2) is 298 Å². The van der Waals surface area contributed by atoms with Crippen LogP contribution in [0.1, 0.15) is 11.1 Å². The van der Waals surface area contributed by atoms with Crippen LogP contribution in [0.5, 0.6) is 5.75 Å². The molecule has 21 heterocycles. The number of benzene rings is 1. The lowest BCUT2D eigenvalue weighted by Gasteiger charge is -2.37. The van der Waals surface area contributed by atoms with Crippen LogP contribution >= 0.6 is 0 Å². The maximum absolute atomic E-state index is 12.4. The van der Waals surface area contributed by atoms with E-state index in [1.807, 2.05) is 47.4 Å². The van der Waals surface area contributed by atoms with Crippen molar-refractivity contribution in [2.75, 3.05) is 196 Å². The summed E-state index contributed by atoms with van der Waals surface area (Å²) in [4.78, 5) is 223. The first-order valence-electron chi connectivity index (χ1n) is 45.3. The lowest BCUT2D eigenvalue weighted by molar-refractivity contribution is 0.122. The summed E-state index contributed by atoms with van der Waals surface area (Å²) in [5.74, 6) is 7.12. The lowest BCUT2D eigenvalue weighted by atomic mass is 10.2. The van der Waals surface area contributed by atoms with Crippen LogP contribution in [0.15, 0.2) is 159 Å². The summed E-state index contributed by atoms with van der Waals surface area (Å²) in [7, 11) is 18.6. The molecule has 0 aliphatic carbocycles. The van der Waals surface area contributed by atoms with Gasteiger partial charge in [-0.15, -0.1) is 0 Å². The van der Waals surface area contributed by atoms with Crippen molar-refractivity contribution in [2.24, 2.45) is 94.6 Å². The second-order valence-corrected chi connectivity index (χ2v) is 34.5. The Morgan fingerprint density at radius 2 is 0.612 bits per heavy atom. The lowest BCUT2D eigenvalue weighted by Crippen LogP contribution is -2.49. The SMILES string of the molecule is Cn1c(=O)c2[nH]c(N3CCN(c4ccccn4)CC3)nc2n(C)c1=O.Cn1c(=O)c2[nH]c(N3CCN(c4ncccn4)CC3)nc2n(C)c1=O.Cn1c(=O)c2[nH]c(N3CCNCC3)nc2n(C)c1=O.Cn1c(=O)c2[nH]c(N3CCOCC3)nc2n(C)c1=O.Cn1c2c(c(=O)n(C)c1=O)CC(N1CCN(c3ccc(O)cc3)CC1)=N2.Cn1c2c(c(=O)n(C)c1=O)CC(N1CCN(c3ccncc3)CC1)=N2. The molecule has 22 rings (SSSR count). The number of H-pyrrole nitrogens is 4. The van der Waals surface area contributed by atoms with Crippen molar-refractivity contribution in [1.82, 2.24) is 130 Å². The van der Waals surface area contributed by atoms with Gasteiger partial charge in [0.15, 0.2) is 44.7 Å². The maximum Gasteiger partial charge on any atom is 0.332 e. The largest absolute Gasteiger partial charge is 0.508 e. The normalized spacial score (nSPS) is 16.0. The van der Waals surface area contributed by atoms with Gasteiger partial charge >= 0.3 is 34.1 Å². The molecule has 13 aromatic heterocycles. The van der Waals surface area contributed by atoms with E-state index in [9.17, 15) is 62.6 Å². The van der Waals surface area contributed by atoms with Gasteiger partial charge in [-0.05, 0) is 54.6 Å². The number of phenolic OH excluding ortho intramolecular Hbond substituents is 1. The smallest absolute Gasteiger partial charge is 0.332 e. The minimum absolute atomic E-state index is 0.243. The molecule has 139 heavy (non-hydrogen) atoms. The molecule has 6 saturated heterocycles. The van der Waals surface area contributed by atoms with Crippen molar-refractivity contribution in [3.05, 3.63) is 228 Å². The standard InChI is InChI=1S/C18H21N5O3.C17H20N6O2.C16H19N7O2.C15H18N8O2.C11H16N6O2.C11H15N5O3/c1-20-16-14(17(25)21(2)18(20)26)11-15(19-16)23-9-7-22(8-10-23)12-3-5-13(24)6-4-12;1-20-15-13(16(24)21(2)17(20)25)11-14(19-15)23-9-7-22(8-10-23)12-3-5-18-6-4-12;1-20-13-12(14(24)21(2)16(20)25)18-15(19-13)23-9-7-22(8-10-23)11-5-3-4-6-17-11;1-20-11-10(12(24)21(2)15(20)25)18-14(19-11)23-8-6-22(7-9-23)13-16-4-3-5-17-13;1-15-8-7(9(18)16(2)11(15)19)13-10(14-8)17-5-3-12-4-6-17;1-14-8-7(9(17)15(2)11(14)18)12-10(13-8)16-3-5-19-6-4-16/h3-6,24H,7-11H2,1-2H3;3-6H,7-11H2,1-2H3;3-6H,7-10H2,1-2H3,(H,18,19);3-5H,6-9H2,1-2H3,(H,18,19);12H,3-6H2,1-2H3,(H,13,14);3-6H2,1-2H3,(H,12,13). The number of hydrogen-bond donors (Lipinski definition) is 6. The zero-order valence-electron chi connectivity index (χ0n) is 79.1. The summed E-state index contributed by atoms with van der Waals surface area (Å²) in [6.45, 7) is 18.9. The van der Waals surface area contributed by atoms with Crippen LogP contribution in [0.3, 0.4) is 0 Å². The molecular formula is C88H109N37O14. The van der Waals surface area contributed by atoms with Crippen molar-refractivity contribution in [3.63, 3.8) is 0 Å². The number of imidazole rings is 4. The highest BCUT2D eigenvalue weighted by Gasteiger charge is 2.33. The number of anilines is 8. The van der Waals surface area contributed by atoms with Crippen LogP contribution in [0.4, 0.5) is 58.6 Å². The highest BCUT2D eigenvalue weighted by Crippen LogP contribution is 2.29. The molecule has 1 aromatic carbocycles. The van der Waals surface area contributed by atoms with Crippen LogP contribution < -0.4 is 112 Å². The van der Waals surface area contributed by atoms with Gasteiger partial charge in [-0.25, -0.2) is 53.7 Å². The minimum Gasteiger partial charge on any atom is -0.508 e. The van der Waals surface area contributed by atoms with E-state index < -0.39 is 0 Å². The second-order valence-electron chi connectivity index (χ2n) is 34.5. The van der Waals surface area contributed by atoms with Gasteiger partial charge in [0, 0.05) is 284 Å². The van der Waals surface area contributed by atoms with Crippen molar-refractivity contribution in [1.29, 1.82) is 0 Å². The summed E-state index contributed by atoms with van der Waals surface area (Å²) in [6.07, 6.45) is 9.80. The van der Waals surface area contributed by atoms with E-state index in [0.29, 0.717) is 149 Å². The fraction of sp³-hybridized carbons (Fsp3) is 0.432. The van der Waals surface area contributed by atoms with E-state index in [1.54, 1.807) is 91.5 Å². The Hall–Kier alpha value is -16.4. The van der Waals surface area contributed by atoms with E-state index in [1.165, 1.54) is 75.4 Å². The molecule has 0 radical (unpaired) electrons. The number of phenols is 1. The Balaban J connectivity index is 0.000000116. The van der Waals surface area contributed by atoms with E-state index in [2.05, 4.69) is 119 Å². The Labute approximate surface area is 788 Å². The molecule has 0 amide bonds. The molecule has 0 spiro atoms. The number of amidine groups is 2. The quantitative estimate of drug-likeness (QED) is 0.0844. The fourth-order valence-electron chi connectivity index (χ4n) is 17.8. The number of aromatic hydroxyl groups is 1. The molecular weight excluding hydrogens is 1800 g/mol. The summed E-state index contributed by atoms with van der Waals surface area (Å²) in [6, 6.07) is 18.9. The van der Waals surface area contributed by atoms with Crippen LogP contribution in [-0.2, 0) is 102 Å². The van der Waals surface area contributed by atoms with Crippen LogP contribution in [0.2, 0.25) is 0 Å². The summed E-state index contributed by atoms with van der Waals surface area (Å²) < 4.78 is 20.3. The van der Waals surface area contributed by atoms with Crippen molar-refractivity contribution in [3.8, 4) is 5.75 Å². The predicted octanol–water partition coefficient (Wildman–Crippen LogP) is -3.99. The third-order valence-electron chi connectivity index (χ3n) is 26.1. The Morgan fingerprint density at radius 3 is 0.986 bits per heavy atom. The number of aryl methyl sites for hydroxylation is 4. The van der Waals surface area contributed by atoms with Crippen LogP contribution in [0.25, 0.3) is 44.7 Å². The molecule has 51 nitrogen and oxygen atoms in total. The highest BCUT2D eigenvalue weighted by molar-refractivity contribution is 5.92. The third kappa shape index (κ3) is 18.6. The third-order valence-corrected chi connectivity index (χ3v) is 26.1. The molecule has 0 bridgehead atoms. The van der Waals surface area contributed by atoms with Gasteiger partial charge in [0.2, 0.25) is 29.7 Å². The first-order valence-corrected chi connectivity index (χ1v) is 45.3. The molecule has 730 valence electrons. The average Bonchev–Trinajstić information content (AvgIpc) is 1.58. The molecule has 0 saturated carbocycles. The number of piperazine rings is 5. The highest BCUT2D eigenvalue weighted by atomic mass is 16.5. The van der Waals surface area contributed by atoms with Gasteiger partial charge in [0.25, 0.3) is 33.4 Å². The summed E-state index contributed by atoms with van der Waals surface area (Å²) >= 11 is 0. The van der Waals surface area contributed by atoms with Gasteiger partial charge in [0.05, 0.1) is 24.3 Å². The van der Waals surface area contributed by atoms with Crippen molar-refractivity contribution in [2.45, 2.75) is 12.8 Å². The molecule has 6 fully saturated rings.